The van der Waals surface area contributed by atoms with Crippen LogP contribution in [-0.4, -0.2) is 20.6 Å². The van der Waals surface area contributed by atoms with Gasteiger partial charge in [0.2, 0.25) is 0 Å². The molecular weight excluding hydrogens is 300 g/mol. The molecule has 0 aliphatic carbocycles. The van der Waals surface area contributed by atoms with Gasteiger partial charge in [0.15, 0.2) is 0 Å². The molecule has 0 spiro atoms. The van der Waals surface area contributed by atoms with E-state index in [4.69, 9.17) is 16.7 Å². The van der Waals surface area contributed by atoms with Crippen molar-refractivity contribution in [1.29, 1.82) is 0 Å². The van der Waals surface area contributed by atoms with Gasteiger partial charge in [0.1, 0.15) is 5.82 Å². The third-order valence-corrected chi connectivity index (χ3v) is 3.86. The van der Waals surface area contributed by atoms with Crippen LogP contribution in [0.15, 0.2) is 42.5 Å². The molecule has 0 unspecified atom stereocenters. The standard InChI is InChI=1S/C17H15ClN2O2/c1-10(2)16-19-13-9-11(17(21)22)7-8-15(13)20(16)14-6-4-3-5-12(14)18/h3-10H,1-2H3,(H,21,22). The van der Waals surface area contributed by atoms with Crippen molar-refractivity contribution in [2.24, 2.45) is 0 Å². The maximum Gasteiger partial charge on any atom is 0.335 e. The molecule has 0 radical (unpaired) electrons. The van der Waals surface area contributed by atoms with Gasteiger partial charge in [0.25, 0.3) is 0 Å². The van der Waals surface area contributed by atoms with Gasteiger partial charge in [-0.1, -0.05) is 37.6 Å². The fraction of sp³-hybridized carbons (Fsp3) is 0.176. The molecule has 5 heteroatoms. The van der Waals surface area contributed by atoms with E-state index in [1.165, 1.54) is 0 Å². The van der Waals surface area contributed by atoms with E-state index < -0.39 is 5.97 Å². The first-order valence-electron chi connectivity index (χ1n) is 6.99. The molecular formula is C17H15ClN2O2. The maximum atomic E-state index is 11.1. The minimum atomic E-state index is -0.958. The van der Waals surface area contributed by atoms with Crippen molar-refractivity contribution >= 4 is 28.6 Å². The molecule has 0 aliphatic heterocycles. The highest BCUT2D eigenvalue weighted by Gasteiger charge is 2.18. The lowest BCUT2D eigenvalue weighted by Crippen LogP contribution is -2.03. The van der Waals surface area contributed by atoms with E-state index in [9.17, 15) is 4.79 Å². The quantitative estimate of drug-likeness (QED) is 0.774. The van der Waals surface area contributed by atoms with Gasteiger partial charge in [-0.15, -0.1) is 0 Å². The topological polar surface area (TPSA) is 55.1 Å². The number of aromatic nitrogens is 2. The van der Waals surface area contributed by atoms with E-state index in [-0.39, 0.29) is 11.5 Å². The lowest BCUT2D eigenvalue weighted by Gasteiger charge is -2.13. The highest BCUT2D eigenvalue weighted by molar-refractivity contribution is 6.32. The van der Waals surface area contributed by atoms with Gasteiger partial charge >= 0.3 is 5.97 Å². The number of halogens is 1. The summed E-state index contributed by atoms with van der Waals surface area (Å²) in [6, 6.07) is 12.5. The number of hydrogen-bond acceptors (Lipinski definition) is 2. The van der Waals surface area contributed by atoms with Gasteiger partial charge in [0.05, 0.1) is 27.3 Å². The van der Waals surface area contributed by atoms with Crippen LogP contribution in [0.25, 0.3) is 16.7 Å². The van der Waals surface area contributed by atoms with Crippen molar-refractivity contribution < 1.29 is 9.90 Å². The van der Waals surface area contributed by atoms with Crippen molar-refractivity contribution in [3.8, 4) is 5.69 Å². The number of hydrogen-bond donors (Lipinski definition) is 1. The second kappa shape index (κ2) is 5.46. The van der Waals surface area contributed by atoms with Crippen molar-refractivity contribution in [2.45, 2.75) is 19.8 Å². The van der Waals surface area contributed by atoms with Crippen LogP contribution in [-0.2, 0) is 0 Å². The number of fused-ring (bicyclic) bond motifs is 1. The Balaban J connectivity index is 2.34. The van der Waals surface area contributed by atoms with Gasteiger partial charge in [-0.3, -0.25) is 4.57 Å². The number of rotatable bonds is 3. The molecule has 4 nitrogen and oxygen atoms in total. The molecule has 22 heavy (non-hydrogen) atoms. The number of aromatic carboxylic acids is 1. The summed E-state index contributed by atoms with van der Waals surface area (Å²) >= 11 is 6.33. The van der Waals surface area contributed by atoms with Crippen LogP contribution in [0.5, 0.6) is 0 Å². The number of benzene rings is 2. The van der Waals surface area contributed by atoms with Crippen molar-refractivity contribution in [1.82, 2.24) is 9.55 Å². The first-order valence-corrected chi connectivity index (χ1v) is 7.37. The summed E-state index contributed by atoms with van der Waals surface area (Å²) in [5.41, 5.74) is 2.58. The third kappa shape index (κ3) is 2.35. The maximum absolute atomic E-state index is 11.1. The Bertz CT molecular complexity index is 868. The molecule has 0 bridgehead atoms. The Kier molecular flexibility index (Phi) is 3.62. The molecule has 0 atom stereocenters. The lowest BCUT2D eigenvalue weighted by molar-refractivity contribution is 0.0697. The molecule has 1 aromatic heterocycles. The van der Waals surface area contributed by atoms with Crippen LogP contribution in [0.2, 0.25) is 5.02 Å². The molecule has 0 aliphatic rings. The highest BCUT2D eigenvalue weighted by atomic mass is 35.5. The molecule has 0 saturated carbocycles. The van der Waals surface area contributed by atoms with E-state index >= 15 is 0 Å². The highest BCUT2D eigenvalue weighted by Crippen LogP contribution is 2.30. The summed E-state index contributed by atoms with van der Waals surface area (Å²) in [6.07, 6.45) is 0. The lowest BCUT2D eigenvalue weighted by atomic mass is 10.2. The average molecular weight is 315 g/mol. The monoisotopic (exact) mass is 314 g/mol. The Hall–Kier alpha value is -2.33. The van der Waals surface area contributed by atoms with Crippen molar-refractivity contribution in [2.75, 3.05) is 0 Å². The molecule has 3 rings (SSSR count). The SMILES string of the molecule is CC(C)c1nc2cc(C(=O)O)ccc2n1-c1ccccc1Cl. The minimum Gasteiger partial charge on any atom is -0.478 e. The van der Waals surface area contributed by atoms with Crippen LogP contribution < -0.4 is 0 Å². The number of imidazole rings is 1. The summed E-state index contributed by atoms with van der Waals surface area (Å²) in [7, 11) is 0. The second-order valence-electron chi connectivity index (χ2n) is 5.42. The molecule has 0 fully saturated rings. The Morgan fingerprint density at radius 3 is 2.59 bits per heavy atom. The Morgan fingerprint density at radius 2 is 1.95 bits per heavy atom. The average Bonchev–Trinajstić information content (AvgIpc) is 2.86. The van der Waals surface area contributed by atoms with Gasteiger partial charge in [-0.2, -0.15) is 0 Å². The van der Waals surface area contributed by atoms with Gasteiger partial charge < -0.3 is 5.11 Å². The number of carboxylic acid groups (broad SMARTS) is 1. The molecule has 0 saturated heterocycles. The fourth-order valence-electron chi connectivity index (χ4n) is 2.51. The molecule has 0 amide bonds. The first-order chi connectivity index (χ1) is 10.5. The van der Waals surface area contributed by atoms with E-state index in [0.29, 0.717) is 10.5 Å². The van der Waals surface area contributed by atoms with E-state index in [1.54, 1.807) is 18.2 Å². The zero-order chi connectivity index (χ0) is 15.9. The predicted octanol–water partition coefficient (Wildman–Crippen LogP) is 4.50. The first kappa shape index (κ1) is 14.6. The number of carboxylic acids is 1. The summed E-state index contributed by atoms with van der Waals surface area (Å²) < 4.78 is 1.99. The zero-order valence-electron chi connectivity index (χ0n) is 12.2. The van der Waals surface area contributed by atoms with Crippen LogP contribution in [0.3, 0.4) is 0 Å². The van der Waals surface area contributed by atoms with E-state index in [1.807, 2.05) is 42.7 Å². The second-order valence-corrected chi connectivity index (χ2v) is 5.83. The normalized spacial score (nSPS) is 11.3. The Morgan fingerprint density at radius 1 is 1.23 bits per heavy atom. The summed E-state index contributed by atoms with van der Waals surface area (Å²) in [5.74, 6) is 0.0721. The summed E-state index contributed by atoms with van der Waals surface area (Å²) in [6.45, 7) is 4.10. The van der Waals surface area contributed by atoms with E-state index in [2.05, 4.69) is 4.98 Å². The van der Waals surface area contributed by atoms with Gasteiger partial charge in [0, 0.05) is 5.92 Å². The molecule has 1 N–H and O–H groups in total. The molecule has 3 aromatic rings. The third-order valence-electron chi connectivity index (χ3n) is 3.54. The number of carbonyl (C=O) groups is 1. The zero-order valence-corrected chi connectivity index (χ0v) is 13.0. The molecule has 112 valence electrons. The van der Waals surface area contributed by atoms with Crippen LogP contribution >= 0.6 is 11.6 Å². The van der Waals surface area contributed by atoms with E-state index in [0.717, 1.165) is 17.0 Å². The summed E-state index contributed by atoms with van der Waals surface area (Å²) in [4.78, 5) is 15.8. The molecule has 1 heterocycles. The van der Waals surface area contributed by atoms with Gasteiger partial charge in [-0.25, -0.2) is 9.78 Å². The summed E-state index contributed by atoms with van der Waals surface area (Å²) in [5, 5.41) is 9.77. The Labute approximate surface area is 133 Å². The van der Waals surface area contributed by atoms with Gasteiger partial charge in [-0.05, 0) is 30.3 Å². The van der Waals surface area contributed by atoms with Crippen LogP contribution in [0.1, 0.15) is 35.9 Å². The largest absolute Gasteiger partial charge is 0.478 e. The minimum absolute atomic E-state index is 0.178. The van der Waals surface area contributed by atoms with Crippen molar-refractivity contribution in [3.05, 3.63) is 58.9 Å². The fourth-order valence-corrected chi connectivity index (χ4v) is 2.73. The predicted molar refractivity (Wildman–Crippen MR) is 87.1 cm³/mol. The van der Waals surface area contributed by atoms with Crippen LogP contribution in [0, 0.1) is 0 Å². The molecule has 2 aromatic carbocycles. The van der Waals surface area contributed by atoms with Crippen LogP contribution in [0.4, 0.5) is 0 Å². The smallest absolute Gasteiger partial charge is 0.335 e. The number of nitrogens with zero attached hydrogens (tertiary/aromatic N) is 2. The van der Waals surface area contributed by atoms with Crippen molar-refractivity contribution in [3.63, 3.8) is 0 Å². The number of para-hydroxylation sites is 1.